The Labute approximate surface area is 159 Å². The Morgan fingerprint density at radius 2 is 1.96 bits per heavy atom. The number of aliphatic imine (C=N–C) groups is 1. The average Bonchev–Trinajstić information content (AvgIpc) is 3.11. The van der Waals surface area contributed by atoms with Gasteiger partial charge in [-0.05, 0) is 55.5 Å². The maximum atomic E-state index is 13.1. The van der Waals surface area contributed by atoms with Crippen LogP contribution in [0.15, 0.2) is 53.5 Å². The van der Waals surface area contributed by atoms with Crippen LogP contribution in [-0.2, 0) is 16.0 Å². The number of aryl methyl sites for hydroxylation is 1. The highest BCUT2D eigenvalue weighted by atomic mass is 16.2. The number of rotatable bonds is 4. The largest absolute Gasteiger partial charge is 0.325 e. The van der Waals surface area contributed by atoms with Crippen LogP contribution in [0, 0.1) is 5.92 Å². The van der Waals surface area contributed by atoms with Crippen LogP contribution in [-0.4, -0.2) is 24.1 Å². The van der Waals surface area contributed by atoms with Crippen molar-refractivity contribution in [3.05, 3.63) is 54.1 Å². The highest BCUT2D eigenvalue weighted by molar-refractivity contribution is 6.16. The van der Waals surface area contributed by atoms with Crippen molar-refractivity contribution in [1.82, 2.24) is 0 Å². The van der Waals surface area contributed by atoms with E-state index >= 15 is 0 Å². The first-order valence-electron chi connectivity index (χ1n) is 9.52. The number of anilines is 2. The van der Waals surface area contributed by atoms with Crippen molar-refractivity contribution < 1.29 is 9.59 Å². The number of nitrogens with zero attached hydrogens (tertiary/aromatic N) is 2. The van der Waals surface area contributed by atoms with E-state index in [-0.39, 0.29) is 24.3 Å². The summed E-state index contributed by atoms with van der Waals surface area (Å²) in [6, 6.07) is 15.4. The minimum atomic E-state index is -0.205. The van der Waals surface area contributed by atoms with Crippen LogP contribution >= 0.6 is 0 Å². The fourth-order valence-electron chi connectivity index (χ4n) is 3.81. The number of nitrogens with one attached hydrogen (secondary N) is 1. The number of amides is 2. The van der Waals surface area contributed by atoms with Crippen LogP contribution in [0.25, 0.3) is 0 Å². The number of carbonyl (C=O) groups is 2. The number of hydrogen-bond donors (Lipinski definition) is 1. The predicted octanol–water partition coefficient (Wildman–Crippen LogP) is 4.11. The van der Waals surface area contributed by atoms with Crippen molar-refractivity contribution in [3.8, 4) is 0 Å². The van der Waals surface area contributed by atoms with Gasteiger partial charge in [-0.2, -0.15) is 0 Å². The summed E-state index contributed by atoms with van der Waals surface area (Å²) in [5.41, 5.74) is 4.39. The maximum absolute atomic E-state index is 13.1. The van der Waals surface area contributed by atoms with Crippen molar-refractivity contribution in [2.24, 2.45) is 10.9 Å². The lowest BCUT2D eigenvalue weighted by atomic mass is 10.1. The van der Waals surface area contributed by atoms with Crippen molar-refractivity contribution >= 4 is 34.6 Å². The van der Waals surface area contributed by atoms with Crippen molar-refractivity contribution in [2.45, 2.75) is 32.6 Å². The van der Waals surface area contributed by atoms with Gasteiger partial charge in [-0.1, -0.05) is 31.2 Å². The van der Waals surface area contributed by atoms with Gasteiger partial charge < -0.3 is 10.2 Å². The van der Waals surface area contributed by atoms with E-state index in [2.05, 4.69) is 12.2 Å². The van der Waals surface area contributed by atoms with E-state index in [4.69, 9.17) is 4.99 Å². The molecule has 0 saturated heterocycles. The zero-order chi connectivity index (χ0) is 18.8. The first-order chi connectivity index (χ1) is 13.2. The molecule has 4 rings (SSSR count). The molecule has 5 nitrogen and oxygen atoms in total. The molecule has 1 N–H and O–H groups in total. The molecule has 1 fully saturated rings. The Bertz CT molecular complexity index is 902. The molecule has 1 atom stereocenters. The lowest BCUT2D eigenvalue weighted by molar-refractivity contribution is -0.122. The number of carbonyl (C=O) groups excluding carboxylic acids is 2. The van der Waals surface area contributed by atoms with Gasteiger partial charge in [-0.25, -0.2) is 0 Å². The van der Waals surface area contributed by atoms with Crippen LogP contribution in [0.5, 0.6) is 0 Å². The second kappa shape index (κ2) is 7.35. The summed E-state index contributed by atoms with van der Waals surface area (Å²) in [7, 11) is 0. The van der Waals surface area contributed by atoms with E-state index in [1.54, 1.807) is 4.90 Å². The second-order valence-electron chi connectivity index (χ2n) is 7.06. The molecule has 0 spiro atoms. The second-order valence-corrected chi connectivity index (χ2v) is 7.06. The molecular formula is C22H23N3O2. The number of fused-ring (bicyclic) bond motifs is 2. The zero-order valence-corrected chi connectivity index (χ0v) is 15.4. The van der Waals surface area contributed by atoms with Gasteiger partial charge >= 0.3 is 0 Å². The Balaban J connectivity index is 1.56. The summed E-state index contributed by atoms with van der Waals surface area (Å²) in [5, 5.41) is 2.90. The standard InChI is InChI=1S/C22H23N3O2/c1-2-15-10-12-16(13-11-15)23-21(26)14-25-20-9-4-3-7-19(20)24-18-8-5-6-17(18)22(25)27/h3-4,7,9-13,17H,2,5-6,8,14H2,1H3,(H,23,26). The molecule has 1 unspecified atom stereocenters. The van der Waals surface area contributed by atoms with E-state index in [0.29, 0.717) is 5.69 Å². The quantitative estimate of drug-likeness (QED) is 0.891. The van der Waals surface area contributed by atoms with Gasteiger partial charge in [0.1, 0.15) is 6.54 Å². The Morgan fingerprint density at radius 3 is 2.74 bits per heavy atom. The minimum Gasteiger partial charge on any atom is -0.325 e. The molecule has 5 heteroatoms. The predicted molar refractivity (Wildman–Crippen MR) is 108 cm³/mol. The SMILES string of the molecule is CCc1ccc(NC(=O)CN2C(=O)C3CCCC3=Nc3ccccc32)cc1. The van der Waals surface area contributed by atoms with Gasteiger partial charge in [0.2, 0.25) is 11.8 Å². The lowest BCUT2D eigenvalue weighted by Crippen LogP contribution is -2.41. The first kappa shape index (κ1) is 17.5. The fourth-order valence-corrected chi connectivity index (χ4v) is 3.81. The summed E-state index contributed by atoms with van der Waals surface area (Å²) >= 11 is 0. The van der Waals surface area contributed by atoms with Crippen molar-refractivity contribution in [2.75, 3.05) is 16.8 Å². The molecule has 138 valence electrons. The first-order valence-corrected chi connectivity index (χ1v) is 9.52. The Morgan fingerprint density at radius 1 is 1.19 bits per heavy atom. The molecule has 0 bridgehead atoms. The molecule has 2 aromatic carbocycles. The van der Waals surface area contributed by atoms with E-state index in [0.717, 1.165) is 42.8 Å². The molecule has 1 saturated carbocycles. The third-order valence-corrected chi connectivity index (χ3v) is 5.28. The Kier molecular flexibility index (Phi) is 4.75. The molecule has 1 aliphatic carbocycles. The molecule has 27 heavy (non-hydrogen) atoms. The molecular weight excluding hydrogens is 338 g/mol. The molecule has 0 aromatic heterocycles. The third-order valence-electron chi connectivity index (χ3n) is 5.28. The molecule has 2 aromatic rings. The third kappa shape index (κ3) is 3.50. The van der Waals surface area contributed by atoms with Crippen LogP contribution < -0.4 is 10.2 Å². The number of para-hydroxylation sites is 2. The summed E-state index contributed by atoms with van der Waals surface area (Å²) in [5.74, 6) is -0.425. The van der Waals surface area contributed by atoms with Crippen molar-refractivity contribution in [3.63, 3.8) is 0 Å². The maximum Gasteiger partial charge on any atom is 0.244 e. The number of hydrogen-bond acceptors (Lipinski definition) is 3. The number of benzene rings is 2. The lowest BCUT2D eigenvalue weighted by Gasteiger charge is -2.24. The van der Waals surface area contributed by atoms with Gasteiger partial charge in [0, 0.05) is 11.4 Å². The normalized spacial score (nSPS) is 18.4. The van der Waals surface area contributed by atoms with Crippen molar-refractivity contribution in [1.29, 1.82) is 0 Å². The van der Waals surface area contributed by atoms with E-state index in [1.807, 2.05) is 48.5 Å². The van der Waals surface area contributed by atoms with Gasteiger partial charge in [0.25, 0.3) is 0 Å². The zero-order valence-electron chi connectivity index (χ0n) is 15.4. The fraction of sp³-hybridized carbons (Fsp3) is 0.318. The molecule has 2 aliphatic rings. The van der Waals surface area contributed by atoms with Crippen LogP contribution in [0.2, 0.25) is 0 Å². The summed E-state index contributed by atoms with van der Waals surface area (Å²) in [4.78, 5) is 32.1. The van der Waals surface area contributed by atoms with E-state index in [9.17, 15) is 9.59 Å². The topological polar surface area (TPSA) is 61.8 Å². The molecule has 0 radical (unpaired) electrons. The average molecular weight is 361 g/mol. The van der Waals surface area contributed by atoms with E-state index in [1.165, 1.54) is 5.56 Å². The molecule has 2 amide bonds. The molecule has 1 aliphatic heterocycles. The Hall–Kier alpha value is -2.95. The summed E-state index contributed by atoms with van der Waals surface area (Å²) in [6.45, 7) is 2.08. The highest BCUT2D eigenvalue weighted by Gasteiger charge is 2.36. The summed E-state index contributed by atoms with van der Waals surface area (Å²) < 4.78 is 0. The minimum absolute atomic E-state index is 0.00925. The van der Waals surface area contributed by atoms with Crippen LogP contribution in [0.3, 0.4) is 0 Å². The highest BCUT2D eigenvalue weighted by Crippen LogP contribution is 2.37. The van der Waals surface area contributed by atoms with Gasteiger partial charge in [-0.15, -0.1) is 0 Å². The van der Waals surface area contributed by atoms with Gasteiger partial charge in [0.15, 0.2) is 0 Å². The summed E-state index contributed by atoms with van der Waals surface area (Å²) in [6.07, 6.45) is 3.59. The van der Waals surface area contributed by atoms with Gasteiger partial charge in [0.05, 0.1) is 17.3 Å². The smallest absolute Gasteiger partial charge is 0.244 e. The van der Waals surface area contributed by atoms with Crippen LogP contribution in [0.4, 0.5) is 17.1 Å². The van der Waals surface area contributed by atoms with Gasteiger partial charge in [-0.3, -0.25) is 14.6 Å². The monoisotopic (exact) mass is 361 g/mol. The van der Waals surface area contributed by atoms with E-state index < -0.39 is 0 Å². The van der Waals surface area contributed by atoms with Crippen LogP contribution in [0.1, 0.15) is 31.7 Å². The molecule has 1 heterocycles.